The van der Waals surface area contributed by atoms with Crippen LogP contribution < -0.4 is 10.2 Å². The first-order chi connectivity index (χ1) is 10.0. The number of rotatable bonds is 6. The average Bonchev–Trinajstić information content (AvgIpc) is 2.97. The van der Waals surface area contributed by atoms with E-state index >= 15 is 0 Å². The van der Waals surface area contributed by atoms with Crippen molar-refractivity contribution in [3.63, 3.8) is 0 Å². The van der Waals surface area contributed by atoms with Gasteiger partial charge in [0.05, 0.1) is 16.8 Å². The molecular formula is C17H23ClN2S. The molecule has 2 rings (SSSR count). The molecule has 0 amide bonds. The predicted molar refractivity (Wildman–Crippen MR) is 94.6 cm³/mol. The van der Waals surface area contributed by atoms with Gasteiger partial charge >= 0.3 is 0 Å². The number of nitrogens with one attached hydrogen (secondary N) is 1. The predicted octanol–water partition coefficient (Wildman–Crippen LogP) is 5.10. The van der Waals surface area contributed by atoms with Crippen molar-refractivity contribution in [1.29, 1.82) is 0 Å². The van der Waals surface area contributed by atoms with Crippen LogP contribution in [0.2, 0.25) is 5.02 Å². The van der Waals surface area contributed by atoms with Crippen LogP contribution in [0.4, 0.5) is 5.69 Å². The molecule has 4 heteroatoms. The summed E-state index contributed by atoms with van der Waals surface area (Å²) in [6.45, 7) is 7.36. The Bertz CT molecular complexity index is 566. The van der Waals surface area contributed by atoms with Gasteiger partial charge in [0.15, 0.2) is 0 Å². The van der Waals surface area contributed by atoms with Crippen molar-refractivity contribution in [2.75, 3.05) is 11.9 Å². The Labute approximate surface area is 136 Å². The molecule has 0 saturated carbocycles. The molecule has 0 radical (unpaired) electrons. The molecule has 114 valence electrons. The zero-order chi connectivity index (χ0) is 15.4. The van der Waals surface area contributed by atoms with Crippen molar-refractivity contribution in [3.05, 3.63) is 51.2 Å². The molecule has 1 atom stereocenters. The normalized spacial score (nSPS) is 12.7. The zero-order valence-electron chi connectivity index (χ0n) is 13.1. The molecule has 0 saturated heterocycles. The van der Waals surface area contributed by atoms with Crippen LogP contribution in [0.25, 0.3) is 0 Å². The minimum Gasteiger partial charge on any atom is -0.366 e. The van der Waals surface area contributed by atoms with Gasteiger partial charge in [-0.05, 0) is 30.0 Å². The molecule has 2 nitrogen and oxygen atoms in total. The first-order valence-electron chi connectivity index (χ1n) is 7.27. The quantitative estimate of drug-likeness (QED) is 0.796. The van der Waals surface area contributed by atoms with Crippen LogP contribution in [-0.4, -0.2) is 13.1 Å². The van der Waals surface area contributed by atoms with Gasteiger partial charge in [-0.1, -0.05) is 43.6 Å². The molecule has 1 heterocycles. The lowest BCUT2D eigenvalue weighted by atomic mass is 10.1. The second-order valence-electron chi connectivity index (χ2n) is 5.59. The van der Waals surface area contributed by atoms with Crippen LogP contribution in [0.1, 0.15) is 37.3 Å². The number of thiophene rings is 1. The summed E-state index contributed by atoms with van der Waals surface area (Å²) in [6.07, 6.45) is 0. The second-order valence-corrected chi connectivity index (χ2v) is 6.97. The van der Waals surface area contributed by atoms with E-state index in [0.717, 1.165) is 17.3 Å². The van der Waals surface area contributed by atoms with Gasteiger partial charge in [-0.2, -0.15) is 0 Å². The number of benzene rings is 1. The third-order valence-corrected chi connectivity index (χ3v) is 5.01. The first kappa shape index (κ1) is 16.3. The Morgan fingerprint density at radius 1 is 1.19 bits per heavy atom. The molecule has 21 heavy (non-hydrogen) atoms. The molecule has 0 bridgehead atoms. The molecular weight excluding hydrogens is 300 g/mol. The summed E-state index contributed by atoms with van der Waals surface area (Å²) in [6, 6.07) is 11.2. The van der Waals surface area contributed by atoms with E-state index in [1.165, 1.54) is 10.4 Å². The average molecular weight is 323 g/mol. The van der Waals surface area contributed by atoms with E-state index in [-0.39, 0.29) is 0 Å². The summed E-state index contributed by atoms with van der Waals surface area (Å²) in [5, 5.41) is 6.40. The number of nitrogens with zero attached hydrogens (tertiary/aromatic N) is 1. The molecule has 0 fully saturated rings. The minimum atomic E-state index is 0.308. The van der Waals surface area contributed by atoms with Crippen LogP contribution in [-0.2, 0) is 6.54 Å². The summed E-state index contributed by atoms with van der Waals surface area (Å²) in [4.78, 5) is 3.62. The molecule has 0 aliphatic rings. The monoisotopic (exact) mass is 322 g/mol. The number of halogens is 1. The van der Waals surface area contributed by atoms with Crippen molar-refractivity contribution in [3.8, 4) is 0 Å². The Morgan fingerprint density at radius 2 is 1.95 bits per heavy atom. The highest BCUT2D eigenvalue weighted by Crippen LogP contribution is 2.35. The molecule has 0 spiro atoms. The fourth-order valence-corrected chi connectivity index (χ4v) is 3.48. The smallest absolute Gasteiger partial charge is 0.0643 e. The fraction of sp³-hybridized carbons (Fsp3) is 0.412. The van der Waals surface area contributed by atoms with Gasteiger partial charge in [-0.3, -0.25) is 0 Å². The van der Waals surface area contributed by atoms with Crippen LogP contribution in [0, 0.1) is 0 Å². The van der Waals surface area contributed by atoms with Crippen LogP contribution in [0.15, 0.2) is 35.7 Å². The molecule has 2 aromatic rings. The van der Waals surface area contributed by atoms with Crippen molar-refractivity contribution < 1.29 is 0 Å². The van der Waals surface area contributed by atoms with Crippen LogP contribution >= 0.6 is 22.9 Å². The van der Waals surface area contributed by atoms with Crippen molar-refractivity contribution in [1.82, 2.24) is 5.32 Å². The molecule has 0 aliphatic heterocycles. The molecule has 1 aromatic carbocycles. The second kappa shape index (κ2) is 7.30. The highest BCUT2D eigenvalue weighted by molar-refractivity contribution is 7.10. The third kappa shape index (κ3) is 4.00. The Morgan fingerprint density at radius 3 is 2.57 bits per heavy atom. The maximum absolute atomic E-state index is 6.48. The lowest BCUT2D eigenvalue weighted by Crippen LogP contribution is -2.26. The van der Waals surface area contributed by atoms with Gasteiger partial charge < -0.3 is 10.2 Å². The largest absolute Gasteiger partial charge is 0.366 e. The summed E-state index contributed by atoms with van der Waals surface area (Å²) >= 11 is 8.26. The molecule has 0 aliphatic carbocycles. The van der Waals surface area contributed by atoms with Gasteiger partial charge in [-0.15, -0.1) is 11.3 Å². The number of anilines is 1. The number of hydrogen-bond donors (Lipinski definition) is 1. The van der Waals surface area contributed by atoms with E-state index in [1.54, 1.807) is 11.3 Å². The van der Waals surface area contributed by atoms with Gasteiger partial charge in [0, 0.05) is 24.5 Å². The van der Waals surface area contributed by atoms with Crippen molar-refractivity contribution >= 4 is 28.6 Å². The van der Waals surface area contributed by atoms with Crippen LogP contribution in [0.5, 0.6) is 0 Å². The Kier molecular flexibility index (Phi) is 5.68. The zero-order valence-corrected chi connectivity index (χ0v) is 14.6. The summed E-state index contributed by atoms with van der Waals surface area (Å²) in [7, 11) is 2.12. The van der Waals surface area contributed by atoms with Gasteiger partial charge in [0.25, 0.3) is 0 Å². The van der Waals surface area contributed by atoms with Crippen molar-refractivity contribution in [2.24, 2.45) is 0 Å². The first-order valence-corrected chi connectivity index (χ1v) is 8.53. The fourth-order valence-electron chi connectivity index (χ4n) is 2.33. The summed E-state index contributed by atoms with van der Waals surface area (Å²) in [5.41, 5.74) is 2.36. The van der Waals surface area contributed by atoms with E-state index < -0.39 is 0 Å². The van der Waals surface area contributed by atoms with E-state index in [1.807, 2.05) is 12.1 Å². The van der Waals surface area contributed by atoms with E-state index in [0.29, 0.717) is 12.1 Å². The molecule has 1 unspecified atom stereocenters. The van der Waals surface area contributed by atoms with Gasteiger partial charge in [-0.25, -0.2) is 0 Å². The maximum Gasteiger partial charge on any atom is 0.0643 e. The number of para-hydroxylation sites is 1. The van der Waals surface area contributed by atoms with Crippen molar-refractivity contribution in [2.45, 2.75) is 39.4 Å². The highest BCUT2D eigenvalue weighted by atomic mass is 35.5. The molecule has 1 N–H and O–H groups in total. The highest BCUT2D eigenvalue weighted by Gasteiger charge is 2.18. The van der Waals surface area contributed by atoms with E-state index in [2.05, 4.69) is 61.6 Å². The van der Waals surface area contributed by atoms with Crippen LogP contribution in [0.3, 0.4) is 0 Å². The van der Waals surface area contributed by atoms with Gasteiger partial charge in [0.2, 0.25) is 0 Å². The standard InChI is InChI=1S/C17H23ClN2S/c1-12(2)19-11-14-7-5-8-15(18)17(14)20(4)13(3)16-9-6-10-21-16/h5-10,12-13,19H,11H2,1-4H3. The molecule has 1 aromatic heterocycles. The Hall–Kier alpha value is -1.03. The third-order valence-electron chi connectivity index (χ3n) is 3.66. The SMILES string of the molecule is CC(C)NCc1cccc(Cl)c1N(C)C(C)c1cccs1. The summed E-state index contributed by atoms with van der Waals surface area (Å²) < 4.78 is 0. The topological polar surface area (TPSA) is 15.3 Å². The van der Waals surface area contributed by atoms with E-state index in [9.17, 15) is 0 Å². The number of hydrogen-bond acceptors (Lipinski definition) is 3. The lowest BCUT2D eigenvalue weighted by Gasteiger charge is -2.29. The Balaban J connectivity index is 2.28. The maximum atomic E-state index is 6.48. The summed E-state index contributed by atoms with van der Waals surface area (Å²) in [5.74, 6) is 0. The van der Waals surface area contributed by atoms with E-state index in [4.69, 9.17) is 11.6 Å². The minimum absolute atomic E-state index is 0.308. The van der Waals surface area contributed by atoms with Gasteiger partial charge in [0.1, 0.15) is 0 Å². The lowest BCUT2D eigenvalue weighted by molar-refractivity contribution is 0.587.